The maximum atomic E-state index is 13.4. The molecule has 1 aliphatic heterocycles. The third kappa shape index (κ3) is 6.99. The summed E-state index contributed by atoms with van der Waals surface area (Å²) in [4.78, 5) is 27.2. The van der Waals surface area contributed by atoms with Crippen LogP contribution in [0.25, 0.3) is 10.9 Å². The van der Waals surface area contributed by atoms with Crippen LogP contribution in [0.4, 0.5) is 19.1 Å². The van der Waals surface area contributed by atoms with E-state index in [4.69, 9.17) is 4.74 Å². The highest BCUT2D eigenvalue weighted by Gasteiger charge is 2.34. The zero-order chi connectivity index (χ0) is 29.7. The smallest absolute Gasteiger partial charge is 0.405 e. The molecule has 12 heteroatoms. The average molecular weight is 580 g/mol. The number of alkyl halides is 3. The number of benzene rings is 2. The van der Waals surface area contributed by atoms with Gasteiger partial charge in [-0.3, -0.25) is 4.79 Å². The second kappa shape index (κ2) is 12.1. The minimum Gasteiger partial charge on any atom is -0.405 e. The third-order valence-electron chi connectivity index (χ3n) is 6.75. The normalized spacial score (nSPS) is 15.0. The molecule has 3 N–H and O–H groups in total. The van der Waals surface area contributed by atoms with Gasteiger partial charge in [0, 0.05) is 48.1 Å². The number of nitrogens with one attached hydrogen (secondary N) is 2. The second-order valence-electron chi connectivity index (χ2n) is 10.1. The quantitative estimate of drug-likeness (QED) is 0.286. The summed E-state index contributed by atoms with van der Waals surface area (Å²) in [5, 5.41) is 13.8. The van der Waals surface area contributed by atoms with E-state index in [9.17, 15) is 23.1 Å². The minimum atomic E-state index is -5.02. The second-order valence-corrected chi connectivity index (χ2v) is 10.1. The number of amides is 1. The van der Waals surface area contributed by atoms with Gasteiger partial charge in [-0.25, -0.2) is 9.97 Å². The lowest BCUT2D eigenvalue weighted by Gasteiger charge is -2.29. The molecule has 42 heavy (non-hydrogen) atoms. The number of carbonyl (C=O) groups excluding carboxylic acids is 1. The zero-order valence-corrected chi connectivity index (χ0v) is 22.7. The Labute approximate surface area is 239 Å². The number of carbonyl (C=O) groups is 1. The SMILES string of the molecule is CC(CO)(Cc1c[nH]c2ccccc12)NC(=O)c1cc(C#Cc2cnc(N3CCOCC3)nc2)ccc1OC(F)(F)F. The van der Waals surface area contributed by atoms with E-state index in [1.165, 1.54) is 12.1 Å². The fourth-order valence-electron chi connectivity index (χ4n) is 4.63. The number of para-hydroxylation sites is 1. The Balaban J connectivity index is 1.38. The molecule has 1 atom stereocenters. The van der Waals surface area contributed by atoms with Gasteiger partial charge in [-0.2, -0.15) is 0 Å². The fourth-order valence-corrected chi connectivity index (χ4v) is 4.63. The van der Waals surface area contributed by atoms with Crippen molar-refractivity contribution >= 4 is 22.8 Å². The number of aliphatic hydroxyl groups is 1. The average Bonchev–Trinajstić information content (AvgIpc) is 3.38. The Morgan fingerprint density at radius 2 is 1.83 bits per heavy atom. The third-order valence-corrected chi connectivity index (χ3v) is 6.75. The molecule has 1 amide bonds. The van der Waals surface area contributed by atoms with Gasteiger partial charge in [0.25, 0.3) is 5.91 Å². The first-order chi connectivity index (χ1) is 20.1. The molecule has 5 rings (SSSR count). The van der Waals surface area contributed by atoms with E-state index < -0.39 is 30.2 Å². The molecule has 2 aromatic heterocycles. The number of ether oxygens (including phenoxy) is 2. The van der Waals surface area contributed by atoms with E-state index in [1.807, 2.05) is 29.2 Å². The summed E-state index contributed by atoms with van der Waals surface area (Å²) in [5.74, 6) is 4.73. The van der Waals surface area contributed by atoms with Crippen LogP contribution in [0.1, 0.15) is 34.0 Å². The van der Waals surface area contributed by atoms with Crippen molar-refractivity contribution in [2.24, 2.45) is 0 Å². The molecule has 1 fully saturated rings. The lowest BCUT2D eigenvalue weighted by atomic mass is 9.92. The Bertz CT molecular complexity index is 1620. The molecule has 2 aromatic carbocycles. The first-order valence-corrected chi connectivity index (χ1v) is 13.2. The van der Waals surface area contributed by atoms with Crippen molar-refractivity contribution in [1.29, 1.82) is 0 Å². The van der Waals surface area contributed by atoms with E-state index in [2.05, 4.69) is 36.8 Å². The number of anilines is 1. The lowest BCUT2D eigenvalue weighted by molar-refractivity contribution is -0.274. The van der Waals surface area contributed by atoms with E-state index in [0.29, 0.717) is 37.8 Å². The summed E-state index contributed by atoms with van der Waals surface area (Å²) in [6, 6.07) is 11.1. The molecule has 0 spiro atoms. The molecule has 218 valence electrons. The first-order valence-electron chi connectivity index (χ1n) is 13.2. The van der Waals surface area contributed by atoms with Crippen LogP contribution >= 0.6 is 0 Å². The van der Waals surface area contributed by atoms with Crippen molar-refractivity contribution in [3.05, 3.63) is 83.3 Å². The Hall–Kier alpha value is -4.60. The number of rotatable bonds is 7. The topological polar surface area (TPSA) is 113 Å². The van der Waals surface area contributed by atoms with E-state index >= 15 is 0 Å². The Morgan fingerprint density at radius 3 is 2.55 bits per heavy atom. The van der Waals surface area contributed by atoms with Crippen LogP contribution in [0.2, 0.25) is 0 Å². The van der Waals surface area contributed by atoms with Gasteiger partial charge in [-0.05, 0) is 43.2 Å². The molecular weight excluding hydrogens is 551 g/mol. The van der Waals surface area contributed by atoms with Gasteiger partial charge in [0.05, 0.1) is 36.5 Å². The van der Waals surface area contributed by atoms with E-state index in [1.54, 1.807) is 25.5 Å². The van der Waals surface area contributed by atoms with Crippen molar-refractivity contribution in [1.82, 2.24) is 20.3 Å². The van der Waals surface area contributed by atoms with Crippen molar-refractivity contribution in [2.45, 2.75) is 25.2 Å². The maximum Gasteiger partial charge on any atom is 0.573 e. The number of H-pyrrole nitrogens is 1. The number of halogens is 3. The van der Waals surface area contributed by atoms with Gasteiger partial charge in [0.2, 0.25) is 5.95 Å². The summed E-state index contributed by atoms with van der Waals surface area (Å²) in [5.41, 5.74) is 0.896. The van der Waals surface area contributed by atoms with Gasteiger partial charge in [0.1, 0.15) is 5.75 Å². The maximum absolute atomic E-state index is 13.4. The molecule has 1 unspecified atom stereocenters. The van der Waals surface area contributed by atoms with Gasteiger partial charge in [-0.1, -0.05) is 30.0 Å². The highest BCUT2D eigenvalue weighted by atomic mass is 19.4. The van der Waals surface area contributed by atoms with Crippen LogP contribution in [-0.2, 0) is 11.2 Å². The molecule has 0 saturated carbocycles. The molecule has 1 saturated heterocycles. The van der Waals surface area contributed by atoms with Gasteiger partial charge >= 0.3 is 6.36 Å². The zero-order valence-electron chi connectivity index (χ0n) is 22.7. The van der Waals surface area contributed by atoms with Crippen molar-refractivity contribution < 1.29 is 32.5 Å². The van der Waals surface area contributed by atoms with Crippen LogP contribution in [0.15, 0.2) is 61.1 Å². The highest BCUT2D eigenvalue weighted by Crippen LogP contribution is 2.29. The van der Waals surface area contributed by atoms with Crippen molar-refractivity contribution in [3.63, 3.8) is 0 Å². The number of aromatic amines is 1. The fraction of sp³-hybridized carbons (Fsp3) is 0.300. The predicted octanol–water partition coefficient (Wildman–Crippen LogP) is 3.82. The summed E-state index contributed by atoms with van der Waals surface area (Å²) < 4.78 is 49.0. The number of aliphatic hydroxyl groups excluding tert-OH is 1. The lowest BCUT2D eigenvalue weighted by Crippen LogP contribution is -2.50. The summed E-state index contributed by atoms with van der Waals surface area (Å²) in [6.45, 7) is 3.69. The van der Waals surface area contributed by atoms with Gasteiger partial charge < -0.3 is 29.8 Å². The summed E-state index contributed by atoms with van der Waals surface area (Å²) in [7, 11) is 0. The van der Waals surface area contributed by atoms with Crippen molar-refractivity contribution in [3.8, 4) is 17.6 Å². The van der Waals surface area contributed by atoms with Gasteiger partial charge in [-0.15, -0.1) is 13.2 Å². The molecule has 1 aliphatic rings. The molecule has 0 aliphatic carbocycles. The molecule has 4 aromatic rings. The summed E-state index contributed by atoms with van der Waals surface area (Å²) in [6.07, 6.45) is 0.0744. The van der Waals surface area contributed by atoms with E-state index in [0.717, 1.165) is 22.5 Å². The van der Waals surface area contributed by atoms with Crippen molar-refractivity contribution in [2.75, 3.05) is 37.8 Å². The number of hydrogen-bond acceptors (Lipinski definition) is 7. The van der Waals surface area contributed by atoms with Crippen LogP contribution < -0.4 is 15.0 Å². The molecular formula is C30H28F3N5O4. The minimum absolute atomic E-state index is 0.217. The highest BCUT2D eigenvalue weighted by molar-refractivity contribution is 5.98. The molecule has 3 heterocycles. The van der Waals surface area contributed by atoms with Crippen LogP contribution in [-0.4, -0.2) is 70.8 Å². The molecule has 0 radical (unpaired) electrons. The number of hydrogen-bond donors (Lipinski definition) is 3. The van der Waals surface area contributed by atoms with Crippen LogP contribution in [0.3, 0.4) is 0 Å². The van der Waals surface area contributed by atoms with E-state index in [-0.39, 0.29) is 17.5 Å². The number of nitrogens with zero attached hydrogens (tertiary/aromatic N) is 3. The number of aromatic nitrogens is 3. The Kier molecular flexibility index (Phi) is 8.33. The van der Waals surface area contributed by atoms with Gasteiger partial charge in [0.15, 0.2) is 0 Å². The first kappa shape index (κ1) is 28.9. The Morgan fingerprint density at radius 1 is 1.12 bits per heavy atom. The monoisotopic (exact) mass is 579 g/mol. The largest absolute Gasteiger partial charge is 0.573 e. The molecule has 9 nitrogen and oxygen atoms in total. The standard InChI is InChI=1S/C30H28F3N5O4/c1-29(19-39,15-22-18-34-25-5-3-2-4-23(22)25)37-27(40)24-14-20(8-9-26(24)42-30(31,32)33)6-7-21-16-35-28(36-17-21)38-10-12-41-13-11-38/h2-5,8-9,14,16-18,34,39H,10-13,15,19H2,1H3,(H,37,40). The number of morpholine rings is 1. The van der Waals surface area contributed by atoms with Crippen LogP contribution in [0.5, 0.6) is 5.75 Å². The number of fused-ring (bicyclic) bond motifs is 1. The van der Waals surface area contributed by atoms with Crippen LogP contribution in [0, 0.1) is 11.8 Å². The summed E-state index contributed by atoms with van der Waals surface area (Å²) >= 11 is 0. The molecule has 0 bridgehead atoms. The predicted molar refractivity (Wildman–Crippen MR) is 149 cm³/mol.